The highest BCUT2D eigenvalue weighted by molar-refractivity contribution is 7.13. The number of imide groups is 1. The van der Waals surface area contributed by atoms with Gasteiger partial charge >= 0.3 is 0 Å². The fourth-order valence-electron chi connectivity index (χ4n) is 13.0. The van der Waals surface area contributed by atoms with E-state index in [0.717, 1.165) is 51.4 Å². The van der Waals surface area contributed by atoms with Crippen LogP contribution in [0.5, 0.6) is 0 Å². The van der Waals surface area contributed by atoms with E-state index in [1.54, 1.807) is 50.0 Å². The number of rotatable bonds is 35. The van der Waals surface area contributed by atoms with E-state index in [-0.39, 0.29) is 142 Å². The van der Waals surface area contributed by atoms with E-state index in [0.29, 0.717) is 95.6 Å². The van der Waals surface area contributed by atoms with E-state index in [2.05, 4.69) is 46.1 Å². The third-order valence-electron chi connectivity index (χ3n) is 18.9. The van der Waals surface area contributed by atoms with E-state index in [1.807, 2.05) is 61.5 Å². The van der Waals surface area contributed by atoms with Gasteiger partial charge in [0.25, 0.3) is 11.8 Å². The Morgan fingerprint density at radius 1 is 0.770 bits per heavy atom. The van der Waals surface area contributed by atoms with Crippen molar-refractivity contribution in [3.05, 3.63) is 119 Å². The number of aryl methyl sites for hydroxylation is 2. The lowest BCUT2D eigenvalue weighted by atomic mass is 9.81. The van der Waals surface area contributed by atoms with Crippen molar-refractivity contribution >= 4 is 81.5 Å². The quantitative estimate of drug-likeness (QED) is 0.0142. The Morgan fingerprint density at radius 3 is 2.19 bits per heavy atom. The molecule has 5 aromatic rings. The third-order valence-corrected chi connectivity index (χ3v) is 19.8. The molecule has 4 atom stereocenters. The van der Waals surface area contributed by atoms with Gasteiger partial charge < -0.3 is 51.4 Å². The predicted octanol–water partition coefficient (Wildman–Crippen LogP) is 6.55. The van der Waals surface area contributed by atoms with E-state index < -0.39 is 47.4 Å². The van der Waals surface area contributed by atoms with Gasteiger partial charge in [0, 0.05) is 138 Å². The molecule has 1 aliphatic carbocycles. The second kappa shape index (κ2) is 36.4. The smallest absolute Gasteiger partial charge is 0.253 e. The maximum absolute atomic E-state index is 14.2. The summed E-state index contributed by atoms with van der Waals surface area (Å²) in [6, 6.07) is 14.1. The number of nitrogens with two attached hydrogens (primary N) is 1. The molecule has 4 aliphatic rings. The molecule has 26 heteroatoms. The maximum atomic E-state index is 14.2. The number of amides is 7. The van der Waals surface area contributed by atoms with Crippen LogP contribution in [-0.2, 0) is 72.0 Å². The molecule has 3 fully saturated rings. The first-order chi connectivity index (χ1) is 48.1. The lowest BCUT2D eigenvalue weighted by molar-refractivity contribution is -0.144. The molecule has 7 N–H and O–H groups in total. The van der Waals surface area contributed by atoms with Crippen molar-refractivity contribution in [2.45, 2.75) is 168 Å². The number of morpholine rings is 1. The average Bonchev–Trinajstić information content (AvgIpc) is 1.49. The minimum absolute atomic E-state index is 0.000662. The number of unbranched alkanes of at least 4 members (excludes halogenated alkanes) is 2. The van der Waals surface area contributed by atoms with Crippen molar-refractivity contribution in [2.24, 2.45) is 17.3 Å². The Hall–Kier alpha value is -8.98. The Balaban J connectivity index is 0.722. The number of hydrogen-bond donors (Lipinski definition) is 6. The number of Topliss-reactive ketones (excluding diaryl/α,β-unsaturated/α-hetero) is 3. The Morgan fingerprint density at radius 2 is 1.48 bits per heavy atom. The predicted molar refractivity (Wildman–Crippen MR) is 376 cm³/mol. The second-order valence-corrected chi connectivity index (χ2v) is 28.3. The number of nitrogens with zero attached hydrogens (tertiary/aromatic N) is 7. The van der Waals surface area contributed by atoms with Crippen LogP contribution in [0, 0.1) is 24.2 Å². The van der Waals surface area contributed by atoms with Crippen LogP contribution in [0.25, 0.3) is 21.7 Å². The molecular formula is C74H94N12O13S. The summed E-state index contributed by atoms with van der Waals surface area (Å²) in [5.41, 5.74) is 13.7. The lowest BCUT2D eigenvalue weighted by Gasteiger charge is -2.35. The van der Waals surface area contributed by atoms with Crippen molar-refractivity contribution in [1.29, 1.82) is 0 Å². The molecule has 25 nitrogen and oxygen atoms in total. The van der Waals surface area contributed by atoms with Crippen LogP contribution in [0.15, 0.2) is 90.9 Å². The summed E-state index contributed by atoms with van der Waals surface area (Å²) in [5.74, 6) is -2.98. The van der Waals surface area contributed by atoms with Gasteiger partial charge in [-0.3, -0.25) is 57.8 Å². The number of ketones is 3. The molecule has 534 valence electrons. The van der Waals surface area contributed by atoms with Crippen LogP contribution in [0.3, 0.4) is 0 Å². The summed E-state index contributed by atoms with van der Waals surface area (Å²) < 4.78 is 11.3. The summed E-state index contributed by atoms with van der Waals surface area (Å²) in [7, 11) is 0. The van der Waals surface area contributed by atoms with Crippen LogP contribution in [0.2, 0.25) is 0 Å². The first-order valence-corrected chi connectivity index (χ1v) is 35.7. The highest BCUT2D eigenvalue weighted by Crippen LogP contribution is 2.32. The Labute approximate surface area is 587 Å². The van der Waals surface area contributed by atoms with Crippen LogP contribution in [0.4, 0.5) is 11.5 Å². The van der Waals surface area contributed by atoms with Gasteiger partial charge in [-0.1, -0.05) is 75.7 Å². The highest BCUT2D eigenvalue weighted by atomic mass is 32.1. The van der Waals surface area contributed by atoms with E-state index in [9.17, 15) is 53.1 Å². The van der Waals surface area contributed by atoms with Gasteiger partial charge in [0.15, 0.2) is 17.4 Å². The number of β-amino-alcohol motifs (C(OH)–C–C–N with tert-alkyl or cyclic N) is 1. The monoisotopic (exact) mass is 1390 g/mol. The normalized spacial score (nSPS) is 18.4. The summed E-state index contributed by atoms with van der Waals surface area (Å²) in [4.78, 5) is 156. The molecule has 3 aromatic heterocycles. The fourth-order valence-corrected chi connectivity index (χ4v) is 13.8. The number of carbonyl (C=O) groups excluding carboxylic acids is 10. The van der Waals surface area contributed by atoms with Crippen molar-refractivity contribution in [2.75, 3.05) is 69.8 Å². The van der Waals surface area contributed by atoms with Gasteiger partial charge in [-0.2, -0.15) is 0 Å². The number of pyridine rings is 1. The van der Waals surface area contributed by atoms with Crippen LogP contribution in [-0.4, -0.2) is 177 Å². The number of aromatic nitrogens is 4. The number of aliphatic hydroxyl groups is 1. The minimum Gasteiger partial charge on any atom is -0.391 e. The number of carbonyl (C=O) groups is 10. The lowest BCUT2D eigenvalue weighted by Crippen LogP contribution is -2.57. The fraction of sp³-hybridized carbons (Fsp3) is 0.514. The molecule has 2 aromatic carbocycles. The van der Waals surface area contributed by atoms with Gasteiger partial charge in [-0.05, 0) is 98.8 Å². The molecule has 7 amide bonds. The van der Waals surface area contributed by atoms with Gasteiger partial charge in [0.05, 0.1) is 59.9 Å². The van der Waals surface area contributed by atoms with E-state index >= 15 is 0 Å². The summed E-state index contributed by atoms with van der Waals surface area (Å²) in [6.07, 6.45) is 12.2. The number of nitrogens with one attached hydrogen (secondary N) is 4. The Kier molecular flexibility index (Phi) is 27.4. The zero-order chi connectivity index (χ0) is 71.3. The zero-order valence-electron chi connectivity index (χ0n) is 57.7. The highest BCUT2D eigenvalue weighted by Gasteiger charge is 2.45. The summed E-state index contributed by atoms with van der Waals surface area (Å²) in [6.45, 7) is 11.0. The summed E-state index contributed by atoms with van der Waals surface area (Å²) >= 11 is 1.55. The van der Waals surface area contributed by atoms with Crippen molar-refractivity contribution in [3.63, 3.8) is 0 Å². The Bertz CT molecular complexity index is 3710. The number of aliphatic hydroxyl groups excluding tert-OH is 1. The molecule has 100 heavy (non-hydrogen) atoms. The first kappa shape index (κ1) is 75.2. The number of benzene rings is 2. The van der Waals surface area contributed by atoms with Crippen molar-refractivity contribution < 1.29 is 62.5 Å². The molecule has 3 aliphatic heterocycles. The van der Waals surface area contributed by atoms with Crippen LogP contribution < -0.4 is 31.9 Å². The molecule has 0 radical (unpaired) electrons. The van der Waals surface area contributed by atoms with Crippen LogP contribution >= 0.6 is 11.3 Å². The number of ether oxygens (including phenoxy) is 2. The molecule has 0 unspecified atom stereocenters. The molecule has 1 saturated carbocycles. The number of nitrogen functional groups attached to an aromatic ring is 1. The summed E-state index contributed by atoms with van der Waals surface area (Å²) in [5, 5.41) is 22.4. The standard InChI is InChI=1S/C74H94N12O13S/c1-47-68(100-46-80-47)52-20-13-49(14-21-52)41-79-72(96)60-40-56(88)45-85(60)73(97)69(74(2,3)4)83-64(92)30-36-98-35-8-9-55(87)24-25-57(81-63(91)10-6-5-7-31-77-71(95)53-22-15-50(16-23-53)44-86-65(93)27-28-66(86)94)61(89)26-17-48-11-18-51(19-12-48)58-43-78-70(75)67(82-58)62(90)39-54-42-76-32-29-59(54)84-33-37-99-38-34-84/h11-14,18-21,27-29,32,42-43,46,50,53,56-57,60,69,88H,5-10,15-17,22-26,30-31,33-41,44-45H2,1-4H3,(H2,75,78)(H,77,95)(H,79,96)(H,81,91)(H,83,92)/t50?,53?,56-,57+,60+,69-/m1/s1. The van der Waals surface area contributed by atoms with Crippen molar-refractivity contribution in [1.82, 2.24) is 51.0 Å². The number of hydrogen-bond acceptors (Lipinski definition) is 20. The molecule has 6 heterocycles. The number of anilines is 2. The third kappa shape index (κ3) is 21.5. The SMILES string of the molecule is Cc1ncsc1-c1ccc(CNC(=O)[C@@H]2C[C@@H](O)CN2C(=O)[C@@H](NC(=O)CCOCCCC(=O)CC[C@H](NC(=O)CCCCCNC(=O)C2CCC(CN3C(=O)C=CC3=O)CC2)C(=O)CCc2ccc(-c3cnc(N)c(C(=O)Cc4cnccc4N4CCOCC4)n3)cc2)C(C)(C)C)cc1. The molecule has 2 saturated heterocycles. The number of thiazole rings is 1. The molecule has 0 bridgehead atoms. The van der Waals surface area contributed by atoms with Gasteiger partial charge in [-0.25, -0.2) is 15.0 Å². The minimum atomic E-state index is -1.02. The molecule has 9 rings (SSSR count). The van der Waals surface area contributed by atoms with Crippen LogP contribution in [0.1, 0.15) is 150 Å². The first-order valence-electron chi connectivity index (χ1n) is 34.9. The average molecular weight is 1390 g/mol. The topological polar surface area (TPSA) is 345 Å². The molecular weight excluding hydrogens is 1300 g/mol. The molecule has 0 spiro atoms. The second-order valence-electron chi connectivity index (χ2n) is 27.4. The zero-order valence-corrected chi connectivity index (χ0v) is 58.5. The maximum Gasteiger partial charge on any atom is 0.253 e. The van der Waals surface area contributed by atoms with E-state index in [1.165, 1.54) is 28.1 Å². The van der Waals surface area contributed by atoms with Gasteiger partial charge in [0.1, 0.15) is 23.6 Å². The van der Waals surface area contributed by atoms with Crippen molar-refractivity contribution in [3.8, 4) is 21.7 Å². The van der Waals surface area contributed by atoms with Gasteiger partial charge in [-0.15, -0.1) is 11.3 Å². The van der Waals surface area contributed by atoms with E-state index in [4.69, 9.17) is 15.2 Å². The van der Waals surface area contributed by atoms with Gasteiger partial charge in [0.2, 0.25) is 29.5 Å². The number of likely N-dealkylation sites (tertiary alicyclic amines) is 1. The largest absolute Gasteiger partial charge is 0.391 e.